The van der Waals surface area contributed by atoms with E-state index in [4.69, 9.17) is 5.11 Å². The molecule has 0 spiro atoms. The fourth-order valence-corrected chi connectivity index (χ4v) is 2.09. The minimum Gasteiger partial charge on any atom is -0.396 e. The van der Waals surface area contributed by atoms with Crippen molar-refractivity contribution in [2.24, 2.45) is 0 Å². The lowest BCUT2D eigenvalue weighted by atomic mass is 10.2. The van der Waals surface area contributed by atoms with Gasteiger partial charge in [0.1, 0.15) is 0 Å². The van der Waals surface area contributed by atoms with Crippen molar-refractivity contribution in [1.82, 2.24) is 4.98 Å². The zero-order valence-corrected chi connectivity index (χ0v) is 8.63. The first kappa shape index (κ1) is 8.78. The van der Waals surface area contributed by atoms with Gasteiger partial charge in [-0.1, -0.05) is 18.2 Å². The van der Waals surface area contributed by atoms with Gasteiger partial charge in [-0.25, -0.2) is 0 Å². The standard InChI is InChI=1S/C10H10BrNO/c11-10-7-3-1-2-4-8(7)12-9(10)5-6-13/h1-4,12-13H,5-6H2. The van der Waals surface area contributed by atoms with Crippen LogP contribution in [0.1, 0.15) is 5.69 Å². The predicted molar refractivity (Wildman–Crippen MR) is 56.8 cm³/mol. The van der Waals surface area contributed by atoms with Crippen LogP contribution in [0.2, 0.25) is 0 Å². The number of rotatable bonds is 2. The average molecular weight is 240 g/mol. The molecule has 0 saturated heterocycles. The Morgan fingerprint density at radius 2 is 2.08 bits per heavy atom. The summed E-state index contributed by atoms with van der Waals surface area (Å²) >= 11 is 3.51. The molecule has 0 bridgehead atoms. The van der Waals surface area contributed by atoms with Crippen molar-refractivity contribution in [3.8, 4) is 0 Å². The van der Waals surface area contributed by atoms with Gasteiger partial charge < -0.3 is 10.1 Å². The van der Waals surface area contributed by atoms with Crippen LogP contribution in [0.15, 0.2) is 28.7 Å². The van der Waals surface area contributed by atoms with E-state index in [2.05, 4.69) is 27.0 Å². The molecule has 0 atom stereocenters. The minimum absolute atomic E-state index is 0.172. The normalized spacial score (nSPS) is 10.9. The highest BCUT2D eigenvalue weighted by molar-refractivity contribution is 9.10. The van der Waals surface area contributed by atoms with Crippen LogP contribution in [0.3, 0.4) is 0 Å². The molecule has 2 N–H and O–H groups in total. The van der Waals surface area contributed by atoms with Crippen molar-refractivity contribution in [1.29, 1.82) is 0 Å². The van der Waals surface area contributed by atoms with E-state index < -0.39 is 0 Å². The Morgan fingerprint density at radius 3 is 2.77 bits per heavy atom. The van der Waals surface area contributed by atoms with Gasteiger partial charge in [-0.15, -0.1) is 0 Å². The Morgan fingerprint density at radius 1 is 1.31 bits per heavy atom. The van der Waals surface area contributed by atoms with Gasteiger partial charge in [0.25, 0.3) is 0 Å². The molecular formula is C10H10BrNO. The maximum atomic E-state index is 8.83. The van der Waals surface area contributed by atoms with Gasteiger partial charge in [0.2, 0.25) is 0 Å². The van der Waals surface area contributed by atoms with E-state index in [0.717, 1.165) is 15.7 Å². The van der Waals surface area contributed by atoms with Gasteiger partial charge in [-0.3, -0.25) is 0 Å². The van der Waals surface area contributed by atoms with E-state index in [0.29, 0.717) is 6.42 Å². The Kier molecular flexibility index (Phi) is 2.38. The molecule has 2 rings (SSSR count). The number of fused-ring (bicyclic) bond motifs is 1. The lowest BCUT2D eigenvalue weighted by Crippen LogP contribution is -1.90. The molecule has 2 nitrogen and oxygen atoms in total. The van der Waals surface area contributed by atoms with Gasteiger partial charge in [-0.2, -0.15) is 0 Å². The number of halogens is 1. The van der Waals surface area contributed by atoms with Gasteiger partial charge >= 0.3 is 0 Å². The third-order valence-electron chi connectivity index (χ3n) is 2.08. The third-order valence-corrected chi connectivity index (χ3v) is 2.98. The lowest BCUT2D eigenvalue weighted by molar-refractivity contribution is 0.298. The lowest BCUT2D eigenvalue weighted by Gasteiger charge is -1.92. The molecule has 68 valence electrons. The largest absolute Gasteiger partial charge is 0.396 e. The number of benzene rings is 1. The van der Waals surface area contributed by atoms with E-state index in [-0.39, 0.29) is 6.61 Å². The van der Waals surface area contributed by atoms with E-state index in [1.54, 1.807) is 0 Å². The number of aromatic amines is 1. The van der Waals surface area contributed by atoms with Crippen LogP contribution in [-0.4, -0.2) is 16.7 Å². The van der Waals surface area contributed by atoms with Crippen LogP contribution in [0.25, 0.3) is 10.9 Å². The molecule has 1 aromatic heterocycles. The highest BCUT2D eigenvalue weighted by Crippen LogP contribution is 2.27. The molecule has 0 radical (unpaired) electrons. The van der Waals surface area contributed by atoms with Crippen LogP contribution in [0, 0.1) is 0 Å². The van der Waals surface area contributed by atoms with Crippen LogP contribution in [0.5, 0.6) is 0 Å². The molecule has 1 aromatic carbocycles. The molecule has 13 heavy (non-hydrogen) atoms. The number of H-pyrrole nitrogens is 1. The monoisotopic (exact) mass is 239 g/mol. The summed E-state index contributed by atoms with van der Waals surface area (Å²) < 4.78 is 1.07. The van der Waals surface area contributed by atoms with E-state index in [1.807, 2.05) is 18.2 Å². The second-order valence-corrected chi connectivity index (χ2v) is 3.73. The van der Waals surface area contributed by atoms with E-state index >= 15 is 0 Å². The van der Waals surface area contributed by atoms with Crippen molar-refractivity contribution in [3.63, 3.8) is 0 Å². The Hall–Kier alpha value is -0.800. The van der Waals surface area contributed by atoms with Crippen LogP contribution in [0.4, 0.5) is 0 Å². The zero-order chi connectivity index (χ0) is 9.26. The SMILES string of the molecule is OCCc1[nH]c2ccccc2c1Br. The van der Waals surface area contributed by atoms with Crippen molar-refractivity contribution in [2.75, 3.05) is 6.61 Å². The number of aliphatic hydroxyl groups is 1. The number of aliphatic hydroxyl groups excluding tert-OH is 1. The molecule has 2 aromatic rings. The minimum atomic E-state index is 0.172. The number of hydrogen-bond acceptors (Lipinski definition) is 1. The molecule has 0 saturated carbocycles. The fraction of sp³-hybridized carbons (Fsp3) is 0.200. The molecule has 3 heteroatoms. The topological polar surface area (TPSA) is 36.0 Å². The summed E-state index contributed by atoms with van der Waals surface area (Å²) in [6.45, 7) is 0.172. The first-order valence-corrected chi connectivity index (χ1v) is 4.98. The summed E-state index contributed by atoms with van der Waals surface area (Å²) in [6.07, 6.45) is 0.662. The Bertz CT molecular complexity index is 422. The summed E-state index contributed by atoms with van der Waals surface area (Å²) in [4.78, 5) is 3.26. The smallest absolute Gasteiger partial charge is 0.0486 e. The second-order valence-electron chi connectivity index (χ2n) is 2.94. The summed E-state index contributed by atoms with van der Waals surface area (Å²) in [6, 6.07) is 8.08. The summed E-state index contributed by atoms with van der Waals surface area (Å²) in [5.74, 6) is 0. The second kappa shape index (κ2) is 3.52. The molecule has 0 aliphatic rings. The van der Waals surface area contributed by atoms with E-state index in [9.17, 15) is 0 Å². The van der Waals surface area contributed by atoms with Crippen LogP contribution < -0.4 is 0 Å². The summed E-state index contributed by atoms with van der Waals surface area (Å²) in [7, 11) is 0. The van der Waals surface area contributed by atoms with E-state index in [1.165, 1.54) is 5.39 Å². The van der Waals surface area contributed by atoms with Gasteiger partial charge in [-0.05, 0) is 22.0 Å². The molecule has 0 amide bonds. The molecule has 1 heterocycles. The molecule has 0 fully saturated rings. The molecular weight excluding hydrogens is 230 g/mol. The summed E-state index contributed by atoms with van der Waals surface area (Å²) in [5.41, 5.74) is 2.17. The number of hydrogen-bond donors (Lipinski definition) is 2. The molecule has 0 aliphatic heterocycles. The van der Waals surface area contributed by atoms with Crippen molar-refractivity contribution in [3.05, 3.63) is 34.4 Å². The quantitative estimate of drug-likeness (QED) is 0.831. The van der Waals surface area contributed by atoms with Gasteiger partial charge in [0, 0.05) is 34.1 Å². The zero-order valence-electron chi connectivity index (χ0n) is 7.05. The number of nitrogens with one attached hydrogen (secondary N) is 1. The maximum absolute atomic E-state index is 8.83. The third kappa shape index (κ3) is 1.49. The maximum Gasteiger partial charge on any atom is 0.0486 e. The Labute approximate surface area is 84.7 Å². The first-order chi connectivity index (χ1) is 6.33. The van der Waals surface area contributed by atoms with Crippen LogP contribution >= 0.6 is 15.9 Å². The summed E-state index contributed by atoms with van der Waals surface area (Å²) in [5, 5.41) is 10.0. The molecule has 0 unspecified atom stereocenters. The van der Waals surface area contributed by atoms with Gasteiger partial charge in [0.05, 0.1) is 0 Å². The average Bonchev–Trinajstić information content (AvgIpc) is 2.46. The highest BCUT2D eigenvalue weighted by Gasteiger charge is 2.06. The van der Waals surface area contributed by atoms with Gasteiger partial charge in [0.15, 0.2) is 0 Å². The number of para-hydroxylation sites is 1. The van der Waals surface area contributed by atoms with Crippen molar-refractivity contribution >= 4 is 26.8 Å². The predicted octanol–water partition coefficient (Wildman–Crippen LogP) is 2.47. The fourth-order valence-electron chi connectivity index (χ4n) is 1.45. The highest BCUT2D eigenvalue weighted by atomic mass is 79.9. The Balaban J connectivity index is 2.60. The van der Waals surface area contributed by atoms with Crippen molar-refractivity contribution < 1.29 is 5.11 Å². The van der Waals surface area contributed by atoms with Crippen molar-refractivity contribution in [2.45, 2.75) is 6.42 Å². The molecule has 0 aliphatic carbocycles. The van der Waals surface area contributed by atoms with Crippen LogP contribution in [-0.2, 0) is 6.42 Å². The number of aromatic nitrogens is 1. The first-order valence-electron chi connectivity index (χ1n) is 4.19.